The highest BCUT2D eigenvalue weighted by atomic mass is 16.4. The molecule has 27 heavy (non-hydrogen) atoms. The molecule has 0 radical (unpaired) electrons. The zero-order valence-corrected chi connectivity index (χ0v) is 15.6. The molecule has 2 aromatic rings. The number of hydrogen-bond acceptors (Lipinski definition) is 3. The van der Waals surface area contributed by atoms with Gasteiger partial charge < -0.3 is 14.6 Å². The van der Waals surface area contributed by atoms with Crippen molar-refractivity contribution in [1.82, 2.24) is 4.57 Å². The van der Waals surface area contributed by atoms with Crippen LogP contribution in [0.1, 0.15) is 53.6 Å². The summed E-state index contributed by atoms with van der Waals surface area (Å²) in [6, 6.07) is 6.06. The Morgan fingerprint density at radius 2 is 1.85 bits per heavy atom. The summed E-state index contributed by atoms with van der Waals surface area (Å²) in [7, 11) is 0. The number of aryl methyl sites for hydroxylation is 1. The molecule has 1 aliphatic carbocycles. The van der Waals surface area contributed by atoms with Crippen molar-refractivity contribution < 1.29 is 9.90 Å². The predicted octanol–water partition coefficient (Wildman–Crippen LogP) is 3.56. The number of hydrogen-bond donors (Lipinski definition) is 1. The molecule has 0 atom stereocenters. The molecule has 0 unspecified atom stereocenters. The minimum absolute atomic E-state index is 0.0717. The molecule has 2 fully saturated rings. The van der Waals surface area contributed by atoms with Crippen molar-refractivity contribution in [2.75, 3.05) is 18.0 Å². The third kappa shape index (κ3) is 2.37. The average Bonchev–Trinajstić information content (AvgIpc) is 3.13. The summed E-state index contributed by atoms with van der Waals surface area (Å²) in [5.41, 5.74) is 5.20. The lowest BCUT2D eigenvalue weighted by Crippen LogP contribution is -2.46. The molecule has 5 heteroatoms. The molecule has 5 nitrogen and oxygen atoms in total. The van der Waals surface area contributed by atoms with Crippen LogP contribution in [0, 0.1) is 6.92 Å². The zero-order valence-electron chi connectivity index (χ0n) is 15.6. The number of carboxylic acid groups (broad SMARTS) is 1. The molecule has 1 N–H and O–H groups in total. The first-order valence-corrected chi connectivity index (χ1v) is 9.88. The summed E-state index contributed by atoms with van der Waals surface area (Å²) in [6.07, 6.45) is 8.22. The minimum Gasteiger partial charge on any atom is -0.477 e. The van der Waals surface area contributed by atoms with E-state index in [2.05, 4.69) is 28.5 Å². The van der Waals surface area contributed by atoms with Crippen LogP contribution in [0.15, 0.2) is 29.2 Å². The number of benzene rings is 1. The van der Waals surface area contributed by atoms with Gasteiger partial charge in [0.2, 0.25) is 0 Å². The van der Waals surface area contributed by atoms with E-state index in [0.29, 0.717) is 0 Å². The van der Waals surface area contributed by atoms with E-state index in [4.69, 9.17) is 0 Å². The van der Waals surface area contributed by atoms with E-state index in [-0.39, 0.29) is 11.1 Å². The number of nitrogens with zero attached hydrogens (tertiary/aromatic N) is 2. The smallest absolute Gasteiger partial charge is 0.341 e. The first kappa shape index (κ1) is 16.6. The lowest BCUT2D eigenvalue weighted by atomic mass is 9.69. The highest BCUT2D eigenvalue weighted by Crippen LogP contribution is 2.49. The van der Waals surface area contributed by atoms with Crippen LogP contribution in [-0.4, -0.2) is 28.7 Å². The fourth-order valence-electron chi connectivity index (χ4n) is 5.16. The van der Waals surface area contributed by atoms with Gasteiger partial charge in [-0.15, -0.1) is 0 Å². The highest BCUT2D eigenvalue weighted by molar-refractivity contribution is 5.88. The maximum Gasteiger partial charge on any atom is 0.341 e. The van der Waals surface area contributed by atoms with Crippen LogP contribution in [0.4, 0.5) is 5.69 Å². The quantitative estimate of drug-likeness (QED) is 0.885. The van der Waals surface area contributed by atoms with Crippen molar-refractivity contribution in [3.05, 3.63) is 51.3 Å². The summed E-state index contributed by atoms with van der Waals surface area (Å²) < 4.78 is 2.10. The van der Waals surface area contributed by atoms with E-state index in [0.717, 1.165) is 50.0 Å². The molecule has 1 aromatic carbocycles. The van der Waals surface area contributed by atoms with Gasteiger partial charge in [0.15, 0.2) is 5.43 Å². The van der Waals surface area contributed by atoms with Crippen molar-refractivity contribution >= 4 is 11.7 Å². The van der Waals surface area contributed by atoms with Crippen molar-refractivity contribution in [2.45, 2.75) is 51.0 Å². The summed E-state index contributed by atoms with van der Waals surface area (Å²) in [4.78, 5) is 26.4. The molecular weight excluding hydrogens is 340 g/mol. The summed E-state index contributed by atoms with van der Waals surface area (Å²) >= 11 is 0. The lowest BCUT2D eigenvalue weighted by molar-refractivity contribution is 0.0691. The summed E-state index contributed by atoms with van der Waals surface area (Å²) in [5, 5.41) is 9.41. The molecule has 1 aromatic heterocycles. The maximum absolute atomic E-state index is 12.4. The Morgan fingerprint density at radius 3 is 2.48 bits per heavy atom. The molecule has 0 bridgehead atoms. The van der Waals surface area contributed by atoms with E-state index in [1.807, 2.05) is 0 Å². The van der Waals surface area contributed by atoms with Crippen molar-refractivity contribution in [3.8, 4) is 11.3 Å². The summed E-state index contributed by atoms with van der Waals surface area (Å²) in [6.45, 7) is 4.36. The van der Waals surface area contributed by atoms with Crippen LogP contribution in [0.3, 0.4) is 0 Å². The van der Waals surface area contributed by atoms with Gasteiger partial charge in [-0.2, -0.15) is 0 Å². The number of fused-ring (bicyclic) bond motifs is 4. The van der Waals surface area contributed by atoms with Crippen molar-refractivity contribution in [3.63, 3.8) is 0 Å². The van der Waals surface area contributed by atoms with Crippen LogP contribution in [-0.2, 0) is 12.0 Å². The Kier molecular flexibility index (Phi) is 3.51. The number of aromatic carboxylic acids is 1. The Hall–Kier alpha value is -2.56. The number of carbonyl (C=O) groups is 1. The lowest BCUT2D eigenvalue weighted by Gasteiger charge is -2.49. The fraction of sp³-hybridized carbons (Fsp3) is 0.455. The largest absolute Gasteiger partial charge is 0.477 e. The minimum atomic E-state index is -1.14. The van der Waals surface area contributed by atoms with Crippen LogP contribution in [0.5, 0.6) is 0 Å². The Bertz CT molecular complexity index is 1010. The predicted molar refractivity (Wildman–Crippen MR) is 105 cm³/mol. The van der Waals surface area contributed by atoms with E-state index in [9.17, 15) is 14.7 Å². The third-order valence-electron chi connectivity index (χ3n) is 6.74. The average molecular weight is 364 g/mol. The van der Waals surface area contributed by atoms with Crippen LogP contribution in [0.2, 0.25) is 0 Å². The van der Waals surface area contributed by atoms with Crippen molar-refractivity contribution in [1.29, 1.82) is 0 Å². The topological polar surface area (TPSA) is 62.5 Å². The molecule has 140 valence electrons. The van der Waals surface area contributed by atoms with E-state index in [1.54, 1.807) is 6.20 Å². The van der Waals surface area contributed by atoms with Crippen molar-refractivity contribution in [2.24, 2.45) is 0 Å². The molecule has 2 aliphatic heterocycles. The number of rotatable bonds is 2. The number of pyridine rings is 1. The summed E-state index contributed by atoms with van der Waals surface area (Å²) in [5.74, 6) is -1.14. The van der Waals surface area contributed by atoms with E-state index in [1.165, 1.54) is 35.7 Å². The fourth-order valence-corrected chi connectivity index (χ4v) is 5.16. The van der Waals surface area contributed by atoms with Gasteiger partial charge in [-0.25, -0.2) is 4.79 Å². The molecular formula is C22H24N2O3. The second-order valence-corrected chi connectivity index (χ2v) is 8.36. The SMILES string of the molecule is Cc1cc2c(cc1N1CCCC1)CC1(CCC1)n1cc(C(=O)O)c(=O)cc1-2. The monoisotopic (exact) mass is 364 g/mol. The Morgan fingerprint density at radius 1 is 1.11 bits per heavy atom. The van der Waals surface area contributed by atoms with Crippen LogP contribution in [0.25, 0.3) is 11.3 Å². The van der Waals surface area contributed by atoms with Crippen LogP contribution >= 0.6 is 0 Å². The van der Waals surface area contributed by atoms with Crippen LogP contribution < -0.4 is 10.3 Å². The molecule has 1 saturated carbocycles. The molecule has 3 heterocycles. The highest BCUT2D eigenvalue weighted by Gasteiger charge is 2.43. The molecule has 1 saturated heterocycles. The molecule has 0 amide bonds. The van der Waals surface area contributed by atoms with Gasteiger partial charge >= 0.3 is 5.97 Å². The van der Waals surface area contributed by atoms with E-state index >= 15 is 0 Å². The van der Waals surface area contributed by atoms with Gasteiger partial charge in [0.05, 0.1) is 5.69 Å². The van der Waals surface area contributed by atoms with E-state index < -0.39 is 11.4 Å². The van der Waals surface area contributed by atoms with Gasteiger partial charge in [-0.3, -0.25) is 4.79 Å². The Balaban J connectivity index is 1.72. The van der Waals surface area contributed by atoms with Gasteiger partial charge in [-0.1, -0.05) is 0 Å². The molecule has 3 aliphatic rings. The molecule has 1 spiro atoms. The number of carboxylic acids is 1. The van der Waals surface area contributed by atoms with Gasteiger partial charge in [0, 0.05) is 42.1 Å². The Labute approximate surface area is 158 Å². The van der Waals surface area contributed by atoms with Gasteiger partial charge in [0.25, 0.3) is 0 Å². The molecule has 5 rings (SSSR count). The standard InChI is InChI=1S/C22H24N2O3/c1-14-9-16-15(10-18(14)23-7-2-3-8-23)12-22(5-4-6-22)24-13-17(21(26)27)20(25)11-19(16)24/h9-11,13H,2-8,12H2,1H3,(H,26,27). The zero-order chi connectivity index (χ0) is 18.8. The first-order chi connectivity index (χ1) is 13.0. The third-order valence-corrected chi connectivity index (χ3v) is 6.74. The first-order valence-electron chi connectivity index (χ1n) is 9.88. The normalized spacial score (nSPS) is 19.5. The van der Waals surface area contributed by atoms with Gasteiger partial charge in [0.1, 0.15) is 5.56 Å². The van der Waals surface area contributed by atoms with Gasteiger partial charge in [-0.05, 0) is 68.7 Å². The second kappa shape index (κ2) is 5.72. The number of aromatic nitrogens is 1. The maximum atomic E-state index is 12.4. The second-order valence-electron chi connectivity index (χ2n) is 8.36. The number of anilines is 1.